The molecule has 9 heteroatoms. The van der Waals surface area contributed by atoms with E-state index in [1.54, 1.807) is 0 Å². The fourth-order valence-electron chi connectivity index (χ4n) is 1.07. The number of benzene rings is 1. The number of rotatable bonds is 1. The lowest BCUT2D eigenvalue weighted by Crippen LogP contribution is -2.21. The zero-order chi connectivity index (χ0) is 16.2. The van der Waals surface area contributed by atoms with Crippen molar-refractivity contribution in [2.75, 3.05) is 5.43 Å². The Morgan fingerprint density at radius 1 is 1.10 bits per heavy atom. The van der Waals surface area contributed by atoms with Gasteiger partial charge in [-0.3, -0.25) is 10.4 Å². The molecular weight excluding hydrogens is 297 g/mol. The fourth-order valence-corrected chi connectivity index (χ4v) is 1.07. The molecule has 0 amide bonds. The van der Waals surface area contributed by atoms with E-state index in [0.717, 1.165) is 5.69 Å². The zero-order valence-corrected chi connectivity index (χ0v) is 12.0. The minimum absolute atomic E-state index is 0.215. The summed E-state index contributed by atoms with van der Waals surface area (Å²) in [6.45, 7) is 6.58. The van der Waals surface area contributed by atoms with Gasteiger partial charge in [0, 0.05) is 5.69 Å². The summed E-state index contributed by atoms with van der Waals surface area (Å²) in [4.78, 5) is 0. The second-order valence-corrected chi connectivity index (χ2v) is 6.31. The molecule has 0 radical (unpaired) electrons. The Morgan fingerprint density at radius 2 is 1.45 bits per heavy atom. The molecule has 1 aromatic rings. The van der Waals surface area contributed by atoms with Crippen LogP contribution in [0.15, 0.2) is 24.3 Å². The van der Waals surface area contributed by atoms with Crippen LogP contribution in [0.2, 0.25) is 0 Å². The number of anilines is 1. The Balaban J connectivity index is 0.000000396. The summed E-state index contributed by atoms with van der Waals surface area (Å²) in [5.41, 5.74) is -0.446. The van der Waals surface area contributed by atoms with Gasteiger partial charge >= 0.3 is 15.6 Å². The Labute approximate surface area is 115 Å². The normalized spacial score (nSPS) is 12.4. The van der Waals surface area contributed by atoms with Gasteiger partial charge in [0.25, 0.3) is 0 Å². The van der Waals surface area contributed by atoms with Gasteiger partial charge in [0.1, 0.15) is 0 Å². The maximum absolute atomic E-state index is 10.7. The molecule has 0 bridgehead atoms. The molecule has 0 aromatic heterocycles. The number of alkyl halides is 3. The summed E-state index contributed by atoms with van der Waals surface area (Å²) < 4.78 is 57.5. The third kappa shape index (κ3) is 6.22. The molecule has 20 heavy (non-hydrogen) atoms. The number of nitrogens with one attached hydrogen (secondary N) is 1. The maximum Gasteiger partial charge on any atom is 0.522 e. The van der Waals surface area contributed by atoms with Crippen molar-refractivity contribution in [1.82, 2.24) is 0 Å². The first-order chi connectivity index (χ1) is 8.79. The highest BCUT2D eigenvalue weighted by molar-refractivity contribution is 7.86. The van der Waals surface area contributed by atoms with Crippen molar-refractivity contribution < 1.29 is 26.1 Å². The van der Waals surface area contributed by atoms with Crippen molar-refractivity contribution in [3.8, 4) is 0 Å². The molecule has 0 unspecified atom stereocenters. The molecule has 0 fully saturated rings. The largest absolute Gasteiger partial charge is 0.522 e. The van der Waals surface area contributed by atoms with E-state index in [1.165, 1.54) is 5.56 Å². The predicted molar refractivity (Wildman–Crippen MR) is 70.6 cm³/mol. The van der Waals surface area contributed by atoms with Crippen LogP contribution < -0.4 is 11.3 Å². The topological polar surface area (TPSA) is 92.4 Å². The van der Waals surface area contributed by atoms with Gasteiger partial charge in [-0.2, -0.15) is 21.6 Å². The smallest absolute Gasteiger partial charge is 0.324 e. The summed E-state index contributed by atoms with van der Waals surface area (Å²) >= 11 is 0. The van der Waals surface area contributed by atoms with Gasteiger partial charge in [0.15, 0.2) is 0 Å². The molecule has 4 N–H and O–H groups in total. The summed E-state index contributed by atoms with van der Waals surface area (Å²) in [6, 6.07) is 8.16. The van der Waals surface area contributed by atoms with Crippen molar-refractivity contribution in [1.29, 1.82) is 0 Å². The summed E-state index contributed by atoms with van der Waals surface area (Å²) in [6.07, 6.45) is 0. The SMILES string of the molecule is CC(C)(C)c1ccc(NN)cc1.O=S(=O)(O)C(F)(F)F. The van der Waals surface area contributed by atoms with Crippen molar-refractivity contribution in [3.63, 3.8) is 0 Å². The van der Waals surface area contributed by atoms with Crippen LogP contribution in [0.5, 0.6) is 0 Å². The predicted octanol–water partition coefficient (Wildman–Crippen LogP) is 2.66. The molecular formula is C11H17F3N2O3S. The number of halogens is 3. The number of nitrogen functional groups attached to an aromatic ring is 1. The number of hydrazine groups is 1. The van der Waals surface area contributed by atoms with Crippen LogP contribution in [0, 0.1) is 0 Å². The minimum atomic E-state index is -5.84. The highest BCUT2D eigenvalue weighted by atomic mass is 32.2. The Hall–Kier alpha value is -1.32. The summed E-state index contributed by atoms with van der Waals surface area (Å²) in [7, 11) is -5.84. The molecule has 116 valence electrons. The first kappa shape index (κ1) is 18.7. The first-order valence-electron chi connectivity index (χ1n) is 5.40. The van der Waals surface area contributed by atoms with E-state index in [2.05, 4.69) is 38.3 Å². The fraction of sp³-hybridized carbons (Fsp3) is 0.455. The highest BCUT2D eigenvalue weighted by Crippen LogP contribution is 2.23. The number of nitrogens with two attached hydrogens (primary N) is 1. The lowest BCUT2D eigenvalue weighted by molar-refractivity contribution is -0.0510. The molecule has 0 heterocycles. The van der Waals surface area contributed by atoms with Crippen molar-refractivity contribution >= 4 is 15.8 Å². The van der Waals surface area contributed by atoms with Crippen LogP contribution in [-0.2, 0) is 15.5 Å². The van der Waals surface area contributed by atoms with Gasteiger partial charge in [0.2, 0.25) is 0 Å². The lowest BCUT2D eigenvalue weighted by Gasteiger charge is -2.18. The maximum atomic E-state index is 10.7. The van der Waals surface area contributed by atoms with E-state index in [4.69, 9.17) is 18.8 Å². The number of hydrogen-bond donors (Lipinski definition) is 3. The van der Waals surface area contributed by atoms with E-state index in [1.807, 2.05) is 12.1 Å². The second kappa shape index (κ2) is 6.42. The minimum Gasteiger partial charge on any atom is -0.324 e. The van der Waals surface area contributed by atoms with Crippen LogP contribution in [0.1, 0.15) is 26.3 Å². The molecule has 1 rings (SSSR count). The molecule has 0 aliphatic rings. The van der Waals surface area contributed by atoms with Gasteiger partial charge in [-0.05, 0) is 23.1 Å². The van der Waals surface area contributed by atoms with Gasteiger partial charge in [0.05, 0.1) is 0 Å². The Bertz CT molecular complexity index is 519. The third-order valence-corrected chi connectivity index (χ3v) is 2.80. The molecule has 5 nitrogen and oxygen atoms in total. The Kier molecular flexibility index (Phi) is 6.00. The summed E-state index contributed by atoms with van der Waals surface area (Å²) in [5, 5.41) is 0. The van der Waals surface area contributed by atoms with E-state index in [9.17, 15) is 13.2 Å². The zero-order valence-electron chi connectivity index (χ0n) is 11.2. The standard InChI is InChI=1S/C10H16N2.CHF3O3S/c1-10(2,3)8-4-6-9(12-11)7-5-8;2-1(3,4)8(5,6)7/h4-7,12H,11H2,1-3H3;(H,5,6,7). The van der Waals surface area contributed by atoms with Gasteiger partial charge in [-0.1, -0.05) is 32.9 Å². The molecule has 1 aromatic carbocycles. The monoisotopic (exact) mass is 314 g/mol. The molecule has 0 aliphatic heterocycles. The molecule has 0 aliphatic carbocycles. The summed E-state index contributed by atoms with van der Waals surface area (Å²) in [5.74, 6) is 5.26. The lowest BCUT2D eigenvalue weighted by atomic mass is 9.87. The molecule has 0 atom stereocenters. The van der Waals surface area contributed by atoms with Gasteiger partial charge < -0.3 is 5.43 Å². The molecule has 0 saturated carbocycles. The van der Waals surface area contributed by atoms with E-state index in [0.29, 0.717) is 0 Å². The van der Waals surface area contributed by atoms with E-state index < -0.39 is 15.6 Å². The average molecular weight is 314 g/mol. The third-order valence-electron chi connectivity index (χ3n) is 2.21. The van der Waals surface area contributed by atoms with Crippen LogP contribution in [0.3, 0.4) is 0 Å². The van der Waals surface area contributed by atoms with Crippen molar-refractivity contribution in [2.24, 2.45) is 5.84 Å². The molecule has 0 spiro atoms. The van der Waals surface area contributed by atoms with Crippen molar-refractivity contribution in [2.45, 2.75) is 31.7 Å². The van der Waals surface area contributed by atoms with Crippen LogP contribution in [0.25, 0.3) is 0 Å². The van der Waals surface area contributed by atoms with Crippen LogP contribution >= 0.6 is 0 Å². The van der Waals surface area contributed by atoms with Gasteiger partial charge in [-0.15, -0.1) is 0 Å². The van der Waals surface area contributed by atoms with E-state index >= 15 is 0 Å². The van der Waals surface area contributed by atoms with Gasteiger partial charge in [-0.25, -0.2) is 0 Å². The first-order valence-corrected chi connectivity index (χ1v) is 6.84. The average Bonchev–Trinajstić information content (AvgIpc) is 2.26. The molecule has 0 saturated heterocycles. The van der Waals surface area contributed by atoms with Crippen LogP contribution in [-0.4, -0.2) is 18.5 Å². The van der Waals surface area contributed by atoms with E-state index in [-0.39, 0.29) is 5.41 Å². The highest BCUT2D eigenvalue weighted by Gasteiger charge is 2.44. The Morgan fingerprint density at radius 3 is 1.65 bits per heavy atom. The number of hydrogen-bond acceptors (Lipinski definition) is 4. The second-order valence-electron chi connectivity index (χ2n) is 4.89. The van der Waals surface area contributed by atoms with Crippen LogP contribution in [0.4, 0.5) is 18.9 Å². The van der Waals surface area contributed by atoms with Crippen molar-refractivity contribution in [3.05, 3.63) is 29.8 Å². The quantitative estimate of drug-likeness (QED) is 0.321.